The van der Waals surface area contributed by atoms with Crippen LogP contribution in [0.2, 0.25) is 0 Å². The molecule has 16 heavy (non-hydrogen) atoms. The molecule has 0 aliphatic carbocycles. The van der Waals surface area contributed by atoms with Crippen molar-refractivity contribution in [1.29, 1.82) is 0 Å². The van der Waals surface area contributed by atoms with E-state index in [4.69, 9.17) is 0 Å². The van der Waals surface area contributed by atoms with Gasteiger partial charge in [-0.15, -0.1) is 11.3 Å². The average molecular weight is 248 g/mol. The summed E-state index contributed by atoms with van der Waals surface area (Å²) in [4.78, 5) is 8.66. The summed E-state index contributed by atoms with van der Waals surface area (Å²) in [5.41, 5.74) is 1.98. The zero-order valence-corrected chi connectivity index (χ0v) is 10.1. The largest absolute Gasteiger partial charge is 0.314 e. The molecule has 0 bridgehead atoms. The lowest BCUT2D eigenvalue weighted by atomic mass is 10.5. The molecule has 1 N–H and O–H groups in total. The Balaban J connectivity index is 1.94. The quantitative estimate of drug-likeness (QED) is 0.756. The molecule has 4 nitrogen and oxygen atoms in total. The third kappa shape index (κ3) is 1.77. The zero-order valence-electron chi connectivity index (χ0n) is 8.47. The number of aryl methyl sites for hydroxylation is 1. The molecule has 3 aromatic rings. The van der Waals surface area contributed by atoms with Crippen molar-refractivity contribution in [3.05, 3.63) is 29.4 Å². The standard InChI is InChI=1S/C10H8N4S2/c1-6-4-9(16-14-6)13-10-11-5-8-7(12-10)2-3-15-8/h2-5H,1H3,(H,11,12,13). The summed E-state index contributed by atoms with van der Waals surface area (Å²) in [6.07, 6.45) is 1.84. The Morgan fingerprint density at radius 2 is 2.31 bits per heavy atom. The van der Waals surface area contributed by atoms with Crippen LogP contribution in [-0.2, 0) is 0 Å². The molecule has 0 spiro atoms. The molecule has 0 saturated carbocycles. The summed E-state index contributed by atoms with van der Waals surface area (Å²) >= 11 is 3.06. The molecule has 0 atom stereocenters. The molecule has 0 aliphatic rings. The van der Waals surface area contributed by atoms with Gasteiger partial charge >= 0.3 is 0 Å². The fraction of sp³-hybridized carbons (Fsp3) is 0.100. The average Bonchev–Trinajstić information content (AvgIpc) is 2.87. The summed E-state index contributed by atoms with van der Waals surface area (Å²) in [5, 5.41) is 6.12. The molecule has 0 unspecified atom stereocenters. The van der Waals surface area contributed by atoms with Crippen molar-refractivity contribution in [2.45, 2.75) is 6.92 Å². The minimum atomic E-state index is 0.620. The van der Waals surface area contributed by atoms with Gasteiger partial charge in [0.05, 0.1) is 22.1 Å². The first-order chi connectivity index (χ1) is 7.81. The molecular weight excluding hydrogens is 240 g/mol. The van der Waals surface area contributed by atoms with Gasteiger partial charge in [0, 0.05) is 0 Å². The molecule has 0 radical (unpaired) electrons. The van der Waals surface area contributed by atoms with Crippen LogP contribution in [0, 0.1) is 6.92 Å². The van der Waals surface area contributed by atoms with Gasteiger partial charge in [-0.1, -0.05) is 0 Å². The van der Waals surface area contributed by atoms with Crippen molar-refractivity contribution in [3.63, 3.8) is 0 Å². The number of hydrogen-bond donors (Lipinski definition) is 1. The lowest BCUT2D eigenvalue weighted by molar-refractivity contribution is 1.23. The van der Waals surface area contributed by atoms with E-state index in [1.807, 2.05) is 30.6 Å². The van der Waals surface area contributed by atoms with E-state index < -0.39 is 0 Å². The molecule has 80 valence electrons. The molecule has 3 rings (SSSR count). The molecule has 3 heterocycles. The van der Waals surface area contributed by atoms with E-state index in [0.717, 1.165) is 20.9 Å². The summed E-state index contributed by atoms with van der Waals surface area (Å²) in [6, 6.07) is 3.97. The molecule has 0 aromatic carbocycles. The third-order valence-electron chi connectivity index (χ3n) is 2.07. The molecule has 0 amide bonds. The molecule has 3 aromatic heterocycles. The SMILES string of the molecule is Cc1cc(Nc2ncc3sccc3n2)sn1. The number of nitrogens with one attached hydrogen (secondary N) is 1. The van der Waals surface area contributed by atoms with Crippen molar-refractivity contribution < 1.29 is 0 Å². The van der Waals surface area contributed by atoms with Gasteiger partial charge in [0.2, 0.25) is 5.95 Å². The van der Waals surface area contributed by atoms with Crippen LogP contribution in [0.5, 0.6) is 0 Å². The molecule has 0 saturated heterocycles. The van der Waals surface area contributed by atoms with Gasteiger partial charge in [-0.3, -0.25) is 0 Å². The normalized spacial score (nSPS) is 10.8. The first kappa shape index (κ1) is 9.68. The number of thiophene rings is 1. The number of nitrogens with zero attached hydrogens (tertiary/aromatic N) is 3. The summed E-state index contributed by atoms with van der Waals surface area (Å²) in [7, 11) is 0. The van der Waals surface area contributed by atoms with Gasteiger partial charge in [-0.05, 0) is 36.0 Å². The maximum absolute atomic E-state index is 4.41. The Morgan fingerprint density at radius 1 is 1.38 bits per heavy atom. The second-order valence-electron chi connectivity index (χ2n) is 3.32. The van der Waals surface area contributed by atoms with E-state index in [1.165, 1.54) is 11.5 Å². The molecule has 6 heteroatoms. The first-order valence-corrected chi connectivity index (χ1v) is 6.37. The van der Waals surface area contributed by atoms with E-state index in [9.17, 15) is 0 Å². The highest BCUT2D eigenvalue weighted by Crippen LogP contribution is 2.22. The van der Waals surface area contributed by atoms with Crippen LogP contribution in [0.1, 0.15) is 5.69 Å². The Kier molecular flexibility index (Phi) is 2.30. The predicted octanol–water partition coefficient (Wildman–Crippen LogP) is 3.20. The maximum atomic E-state index is 4.41. The van der Waals surface area contributed by atoms with Gasteiger partial charge in [-0.25, -0.2) is 9.97 Å². The van der Waals surface area contributed by atoms with E-state index in [1.54, 1.807) is 11.3 Å². The van der Waals surface area contributed by atoms with Crippen LogP contribution in [0.4, 0.5) is 10.9 Å². The van der Waals surface area contributed by atoms with Crippen LogP contribution >= 0.6 is 22.9 Å². The minimum Gasteiger partial charge on any atom is -0.314 e. The number of rotatable bonds is 2. The first-order valence-electron chi connectivity index (χ1n) is 4.72. The van der Waals surface area contributed by atoms with E-state index in [0.29, 0.717) is 5.95 Å². The van der Waals surface area contributed by atoms with Gasteiger partial charge < -0.3 is 5.32 Å². The fourth-order valence-electron chi connectivity index (χ4n) is 1.36. The van der Waals surface area contributed by atoms with Crippen LogP contribution in [0.15, 0.2) is 23.7 Å². The Morgan fingerprint density at radius 3 is 3.12 bits per heavy atom. The highest BCUT2D eigenvalue weighted by molar-refractivity contribution is 7.17. The van der Waals surface area contributed by atoms with Crippen molar-refractivity contribution in [2.75, 3.05) is 5.32 Å². The Hall–Kier alpha value is -1.53. The Bertz CT molecular complexity index is 628. The van der Waals surface area contributed by atoms with Crippen LogP contribution in [0.25, 0.3) is 10.2 Å². The minimum absolute atomic E-state index is 0.620. The third-order valence-corrected chi connectivity index (χ3v) is 3.70. The predicted molar refractivity (Wildman–Crippen MR) is 67.5 cm³/mol. The lowest BCUT2D eigenvalue weighted by Crippen LogP contribution is -1.93. The Labute approximate surface area is 100 Å². The van der Waals surface area contributed by atoms with Crippen LogP contribution in [0.3, 0.4) is 0 Å². The number of aromatic nitrogens is 3. The summed E-state index contributed by atoms with van der Waals surface area (Å²) < 4.78 is 5.29. The van der Waals surface area contributed by atoms with Crippen molar-refractivity contribution in [3.8, 4) is 0 Å². The highest BCUT2D eigenvalue weighted by Gasteiger charge is 2.03. The lowest BCUT2D eigenvalue weighted by Gasteiger charge is -1.99. The van der Waals surface area contributed by atoms with Crippen molar-refractivity contribution in [1.82, 2.24) is 14.3 Å². The van der Waals surface area contributed by atoms with Crippen molar-refractivity contribution in [2.24, 2.45) is 0 Å². The highest BCUT2D eigenvalue weighted by atomic mass is 32.1. The molecule has 0 aliphatic heterocycles. The van der Waals surface area contributed by atoms with Crippen LogP contribution < -0.4 is 5.32 Å². The van der Waals surface area contributed by atoms with Gasteiger partial charge in [0.1, 0.15) is 5.00 Å². The summed E-state index contributed by atoms with van der Waals surface area (Å²) in [6.45, 7) is 1.96. The second kappa shape index (κ2) is 3.80. The van der Waals surface area contributed by atoms with Gasteiger partial charge in [-0.2, -0.15) is 4.37 Å². The molecular formula is C10H8N4S2. The zero-order chi connectivity index (χ0) is 11.0. The number of hydrogen-bond acceptors (Lipinski definition) is 6. The van der Waals surface area contributed by atoms with E-state index in [2.05, 4.69) is 19.7 Å². The smallest absolute Gasteiger partial charge is 0.228 e. The van der Waals surface area contributed by atoms with E-state index >= 15 is 0 Å². The fourth-order valence-corrected chi connectivity index (χ4v) is 2.71. The van der Waals surface area contributed by atoms with Crippen LogP contribution in [-0.4, -0.2) is 14.3 Å². The van der Waals surface area contributed by atoms with Gasteiger partial charge in [0.25, 0.3) is 0 Å². The second-order valence-corrected chi connectivity index (χ2v) is 5.07. The number of fused-ring (bicyclic) bond motifs is 1. The van der Waals surface area contributed by atoms with Gasteiger partial charge in [0.15, 0.2) is 0 Å². The topological polar surface area (TPSA) is 50.7 Å². The molecule has 0 fully saturated rings. The number of anilines is 2. The maximum Gasteiger partial charge on any atom is 0.228 e. The van der Waals surface area contributed by atoms with E-state index in [-0.39, 0.29) is 0 Å². The summed E-state index contributed by atoms with van der Waals surface area (Å²) in [5.74, 6) is 0.620. The van der Waals surface area contributed by atoms with Crippen molar-refractivity contribution >= 4 is 44.0 Å². The monoisotopic (exact) mass is 248 g/mol.